The highest BCUT2D eigenvalue weighted by Gasteiger charge is 2.33. The van der Waals surface area contributed by atoms with Crippen molar-refractivity contribution in [3.63, 3.8) is 0 Å². The summed E-state index contributed by atoms with van der Waals surface area (Å²) in [5.74, 6) is 0.421. The van der Waals surface area contributed by atoms with E-state index in [-0.39, 0.29) is 12.1 Å². The number of rotatable bonds is 9. The lowest BCUT2D eigenvalue weighted by molar-refractivity contribution is 0.568. The average Bonchev–Trinajstić information content (AvgIpc) is 2.77. The van der Waals surface area contributed by atoms with Gasteiger partial charge in [-0.2, -0.15) is 0 Å². The van der Waals surface area contributed by atoms with Gasteiger partial charge in [0.25, 0.3) is 0 Å². The first kappa shape index (κ1) is 27.6. The van der Waals surface area contributed by atoms with Crippen molar-refractivity contribution in [2.75, 3.05) is 12.8 Å². The number of allylic oxidation sites excluding steroid dienone is 4. The van der Waals surface area contributed by atoms with Crippen molar-refractivity contribution in [2.45, 2.75) is 49.3 Å². The number of primary sulfonamides is 1. The molecule has 0 radical (unpaired) electrons. The molecule has 1 aliphatic carbocycles. The predicted octanol–water partition coefficient (Wildman–Crippen LogP) is 1.88. The van der Waals surface area contributed by atoms with Gasteiger partial charge in [0, 0.05) is 18.7 Å². The maximum absolute atomic E-state index is 12.0. The van der Waals surface area contributed by atoms with Crippen LogP contribution in [0, 0.1) is 0 Å². The molecule has 9 nitrogen and oxygen atoms in total. The second kappa shape index (κ2) is 11.2. The number of nitrogens with two attached hydrogens (primary N) is 1. The Kier molecular flexibility index (Phi) is 9.09. The third-order valence-corrected chi connectivity index (χ3v) is 8.95. The van der Waals surface area contributed by atoms with E-state index in [0.29, 0.717) is 18.9 Å². The fourth-order valence-electron chi connectivity index (χ4n) is 2.97. The van der Waals surface area contributed by atoms with Crippen LogP contribution in [0.2, 0.25) is 0 Å². The van der Waals surface area contributed by atoms with Crippen LogP contribution in [0.4, 0.5) is 0 Å². The number of nitrogens with one attached hydrogen (secondary N) is 1. The number of sulfonamides is 1. The Morgan fingerprint density at radius 1 is 1.41 bits per heavy atom. The molecule has 0 saturated carbocycles. The highest BCUT2D eigenvalue weighted by atomic mass is 32.2. The molecule has 0 saturated heterocycles. The molecular weight excluding hydrogens is 474 g/mol. The van der Waals surface area contributed by atoms with Crippen LogP contribution in [0.3, 0.4) is 0 Å². The lowest BCUT2D eigenvalue weighted by atomic mass is 9.98. The first-order valence-electron chi connectivity index (χ1n) is 10.7. The fraction of sp³-hybridized carbons (Fsp3) is 0.435. The van der Waals surface area contributed by atoms with Gasteiger partial charge in [-0.05, 0) is 38.3 Å². The van der Waals surface area contributed by atoms with E-state index in [0.717, 1.165) is 11.1 Å². The molecule has 2 rings (SSSR count). The minimum absolute atomic E-state index is 0.228. The molecule has 1 heterocycles. The van der Waals surface area contributed by atoms with Crippen LogP contribution in [0.1, 0.15) is 27.2 Å². The van der Waals surface area contributed by atoms with Crippen molar-refractivity contribution >= 4 is 38.2 Å². The Morgan fingerprint density at radius 3 is 2.65 bits per heavy atom. The molecule has 4 unspecified atom stereocenters. The second-order valence-electron chi connectivity index (χ2n) is 8.44. The largest absolute Gasteiger partial charge is 0.346 e. The topological polar surface area (TPSA) is 143 Å². The zero-order valence-electron chi connectivity index (χ0n) is 19.9. The zero-order valence-corrected chi connectivity index (χ0v) is 21.6. The smallest absolute Gasteiger partial charge is 0.218 e. The van der Waals surface area contributed by atoms with Crippen molar-refractivity contribution in [3.05, 3.63) is 60.3 Å². The lowest BCUT2D eigenvalue weighted by Crippen LogP contribution is -2.45. The summed E-state index contributed by atoms with van der Waals surface area (Å²) in [6.07, 6.45) is 17.1. The molecule has 1 aliphatic heterocycles. The van der Waals surface area contributed by atoms with Crippen LogP contribution in [-0.4, -0.2) is 70.1 Å². The Bertz CT molecular complexity index is 1210. The summed E-state index contributed by atoms with van der Waals surface area (Å²) in [6.45, 7) is 9.20. The molecule has 0 aromatic carbocycles. The average molecular weight is 508 g/mol. The van der Waals surface area contributed by atoms with Crippen molar-refractivity contribution in [2.24, 2.45) is 20.1 Å². The van der Waals surface area contributed by atoms with Gasteiger partial charge in [-0.3, -0.25) is 4.99 Å². The summed E-state index contributed by atoms with van der Waals surface area (Å²) in [4.78, 5) is 13.3. The molecular formula is C23H33N5O4S2. The van der Waals surface area contributed by atoms with Gasteiger partial charge >= 0.3 is 0 Å². The molecule has 0 fully saturated rings. The molecule has 0 aromatic heterocycles. The van der Waals surface area contributed by atoms with Crippen LogP contribution in [0.25, 0.3) is 0 Å². The fourth-order valence-corrected chi connectivity index (χ4v) is 3.97. The quantitative estimate of drug-likeness (QED) is 0.278. The van der Waals surface area contributed by atoms with Gasteiger partial charge in [0.1, 0.15) is 6.04 Å². The van der Waals surface area contributed by atoms with E-state index in [2.05, 4.69) is 26.9 Å². The Morgan fingerprint density at radius 2 is 2.12 bits per heavy atom. The standard InChI is InChI=1S/C23H33N5O4S2/c1-6-18(9-8-17(3)34(24,31)32)14-26-22-27-16-21(20(7-2)28-22)25-15-19-10-12-23(4,13-11-19)33(5,29)30/h6-12,15-17,20-21H,2,13-14H2,1,3-5H3,(H,26,28)(H2,24,31,32)/b9-8-,18-6+,25-15?. The third kappa shape index (κ3) is 7.44. The molecule has 0 amide bonds. The first-order chi connectivity index (χ1) is 15.8. The van der Waals surface area contributed by atoms with Crippen LogP contribution in [-0.2, 0) is 19.9 Å². The number of aliphatic imine (C=N–C) groups is 3. The number of hydrogen-bond donors (Lipinski definition) is 2. The second-order valence-corrected chi connectivity index (χ2v) is 12.8. The molecule has 4 atom stereocenters. The van der Waals surface area contributed by atoms with E-state index in [4.69, 9.17) is 5.14 Å². The van der Waals surface area contributed by atoms with Crippen molar-refractivity contribution in [1.82, 2.24) is 5.32 Å². The zero-order chi connectivity index (χ0) is 25.6. The van der Waals surface area contributed by atoms with Crippen LogP contribution < -0.4 is 10.5 Å². The molecule has 2 aliphatic rings. The Labute approximate surface area is 202 Å². The van der Waals surface area contributed by atoms with Crippen molar-refractivity contribution in [1.29, 1.82) is 0 Å². The van der Waals surface area contributed by atoms with E-state index in [1.165, 1.54) is 19.3 Å². The first-order valence-corrected chi connectivity index (χ1v) is 14.2. The van der Waals surface area contributed by atoms with E-state index >= 15 is 0 Å². The van der Waals surface area contributed by atoms with E-state index in [9.17, 15) is 16.8 Å². The summed E-state index contributed by atoms with van der Waals surface area (Å²) in [6, 6.07) is -0.528. The summed E-state index contributed by atoms with van der Waals surface area (Å²) in [5, 5.41) is 7.52. The van der Waals surface area contributed by atoms with Gasteiger partial charge in [0.05, 0.1) is 22.6 Å². The monoisotopic (exact) mass is 507 g/mol. The van der Waals surface area contributed by atoms with E-state index < -0.39 is 29.9 Å². The van der Waals surface area contributed by atoms with Crippen molar-refractivity contribution in [3.8, 4) is 0 Å². The van der Waals surface area contributed by atoms with Crippen LogP contribution in [0.15, 0.2) is 75.2 Å². The third-order valence-electron chi connectivity index (χ3n) is 5.76. The summed E-state index contributed by atoms with van der Waals surface area (Å²) in [5.41, 5.74) is 1.64. The highest BCUT2D eigenvalue weighted by Crippen LogP contribution is 2.27. The Balaban J connectivity index is 2.05. The minimum Gasteiger partial charge on any atom is -0.346 e. The maximum atomic E-state index is 12.0. The lowest BCUT2D eigenvalue weighted by Gasteiger charge is -2.26. The van der Waals surface area contributed by atoms with Gasteiger partial charge in [-0.1, -0.05) is 42.5 Å². The SMILES string of the molecule is C=CC1NC(=NCC(/C=C\C(C)S(N)(=O)=O)=C/C)N=CC1N=CC1=CCC(C)(S(C)(=O)=O)C=C1. The van der Waals surface area contributed by atoms with Gasteiger partial charge in [0.2, 0.25) is 16.0 Å². The molecule has 3 N–H and O–H groups in total. The van der Waals surface area contributed by atoms with Crippen LogP contribution >= 0.6 is 0 Å². The maximum Gasteiger partial charge on any atom is 0.218 e. The summed E-state index contributed by atoms with van der Waals surface area (Å²) >= 11 is 0. The van der Waals surface area contributed by atoms with Gasteiger partial charge in [-0.15, -0.1) is 6.58 Å². The molecule has 186 valence electrons. The summed E-state index contributed by atoms with van der Waals surface area (Å²) in [7, 11) is -6.84. The van der Waals surface area contributed by atoms with Gasteiger partial charge in [-0.25, -0.2) is 32.0 Å². The highest BCUT2D eigenvalue weighted by molar-refractivity contribution is 7.92. The van der Waals surface area contributed by atoms with Crippen molar-refractivity contribution < 1.29 is 16.8 Å². The minimum atomic E-state index is -3.63. The molecule has 0 aromatic rings. The molecule has 0 bridgehead atoms. The van der Waals surface area contributed by atoms with E-state index in [1.807, 2.05) is 19.1 Å². The molecule has 0 spiro atoms. The molecule has 34 heavy (non-hydrogen) atoms. The van der Waals surface area contributed by atoms with Gasteiger partial charge < -0.3 is 5.32 Å². The number of guanidine groups is 1. The number of hydrogen-bond acceptors (Lipinski definition) is 6. The van der Waals surface area contributed by atoms with Crippen LogP contribution in [0.5, 0.6) is 0 Å². The normalized spacial score (nSPS) is 28.3. The Hall–Kier alpha value is -2.63. The van der Waals surface area contributed by atoms with Gasteiger partial charge in [0.15, 0.2) is 9.84 Å². The summed E-state index contributed by atoms with van der Waals surface area (Å²) < 4.78 is 45.7. The van der Waals surface area contributed by atoms with E-state index in [1.54, 1.807) is 43.7 Å². The predicted molar refractivity (Wildman–Crippen MR) is 141 cm³/mol. The number of nitrogens with zero attached hydrogens (tertiary/aromatic N) is 3. The molecule has 11 heteroatoms. The number of sulfone groups is 1.